The molecule has 2 aromatic rings. The Balaban J connectivity index is 1.95. The second-order valence-electron chi connectivity index (χ2n) is 6.59. The summed E-state index contributed by atoms with van der Waals surface area (Å²) in [6.07, 6.45) is 4.14. The van der Waals surface area contributed by atoms with Crippen LogP contribution in [0.4, 0.5) is 17.2 Å². The normalized spacial score (nSPS) is 14.6. The lowest BCUT2D eigenvalue weighted by atomic mass is 10.1. The summed E-state index contributed by atoms with van der Waals surface area (Å²) in [7, 11) is 0. The molecule has 6 heteroatoms. The van der Waals surface area contributed by atoms with Crippen molar-refractivity contribution in [2.75, 3.05) is 36.1 Å². The topological polar surface area (TPSA) is 45.7 Å². The number of aryl methyl sites for hydroxylation is 2. The van der Waals surface area contributed by atoms with E-state index in [1.54, 1.807) is 4.90 Å². The van der Waals surface area contributed by atoms with E-state index in [9.17, 15) is 4.79 Å². The highest BCUT2D eigenvalue weighted by atomic mass is 79.9. The summed E-state index contributed by atoms with van der Waals surface area (Å²) >= 11 is 3.54. The highest BCUT2D eigenvalue weighted by molar-refractivity contribution is 9.10. The van der Waals surface area contributed by atoms with Crippen LogP contribution in [0.25, 0.3) is 0 Å². The van der Waals surface area contributed by atoms with E-state index >= 15 is 0 Å². The van der Waals surface area contributed by atoms with Crippen LogP contribution < -0.4 is 9.80 Å². The molecule has 0 atom stereocenters. The Morgan fingerprint density at radius 3 is 2.78 bits per heavy atom. The van der Waals surface area contributed by atoms with Gasteiger partial charge in [0.1, 0.15) is 5.82 Å². The number of pyridine rings is 1. The minimum atomic E-state index is -0.205. The Morgan fingerprint density at radius 2 is 2.07 bits per heavy atom. The van der Waals surface area contributed by atoms with Crippen LogP contribution in [0.3, 0.4) is 0 Å². The third kappa shape index (κ3) is 4.39. The van der Waals surface area contributed by atoms with Gasteiger partial charge in [0, 0.05) is 24.2 Å². The summed E-state index contributed by atoms with van der Waals surface area (Å²) in [6.45, 7) is 10.9. The van der Waals surface area contributed by atoms with E-state index in [4.69, 9.17) is 4.74 Å². The van der Waals surface area contributed by atoms with Crippen molar-refractivity contribution in [1.29, 1.82) is 0 Å². The van der Waals surface area contributed by atoms with Crippen LogP contribution in [0.5, 0.6) is 0 Å². The first-order chi connectivity index (χ1) is 13.0. The van der Waals surface area contributed by atoms with Gasteiger partial charge in [0.15, 0.2) is 0 Å². The number of nitrogens with zero attached hydrogens (tertiary/aromatic N) is 3. The smallest absolute Gasteiger partial charge is 0.256 e. The van der Waals surface area contributed by atoms with Crippen molar-refractivity contribution in [2.24, 2.45) is 0 Å². The van der Waals surface area contributed by atoms with Crippen LogP contribution in [0.1, 0.15) is 17.5 Å². The van der Waals surface area contributed by atoms with Gasteiger partial charge in [-0.3, -0.25) is 9.69 Å². The highest BCUT2D eigenvalue weighted by Gasteiger charge is 2.20. The molecular weight excluding hydrogens is 406 g/mol. The van der Waals surface area contributed by atoms with E-state index in [1.807, 2.05) is 44.3 Å². The molecule has 1 fully saturated rings. The van der Waals surface area contributed by atoms with E-state index in [1.165, 1.54) is 6.08 Å². The fraction of sp³-hybridized carbons (Fsp3) is 0.333. The zero-order valence-corrected chi connectivity index (χ0v) is 17.3. The molecule has 1 aliphatic rings. The quantitative estimate of drug-likeness (QED) is 0.669. The lowest BCUT2D eigenvalue weighted by Crippen LogP contribution is -2.27. The molecule has 1 amide bonds. The van der Waals surface area contributed by atoms with Crippen LogP contribution in [0.15, 0.2) is 47.6 Å². The fourth-order valence-electron chi connectivity index (χ4n) is 3.15. The maximum Gasteiger partial charge on any atom is 0.256 e. The molecule has 0 spiro atoms. The summed E-state index contributed by atoms with van der Waals surface area (Å²) in [6, 6.07) is 7.90. The molecule has 3 rings (SSSR count). The number of benzene rings is 1. The van der Waals surface area contributed by atoms with Gasteiger partial charge in [0.25, 0.3) is 5.91 Å². The number of halogens is 1. The summed E-state index contributed by atoms with van der Waals surface area (Å²) in [5, 5.41) is 0. The van der Waals surface area contributed by atoms with Gasteiger partial charge in [-0.15, -0.1) is 0 Å². The molecule has 0 N–H and O–H groups in total. The van der Waals surface area contributed by atoms with Gasteiger partial charge in [-0.25, -0.2) is 4.98 Å². The van der Waals surface area contributed by atoms with Gasteiger partial charge in [0.2, 0.25) is 0 Å². The molecule has 142 valence electrons. The lowest BCUT2D eigenvalue weighted by Gasteiger charge is -2.25. The predicted molar refractivity (Wildman–Crippen MR) is 113 cm³/mol. The molecule has 1 aromatic carbocycles. The monoisotopic (exact) mass is 429 g/mol. The molecule has 1 saturated heterocycles. The van der Waals surface area contributed by atoms with E-state index in [-0.39, 0.29) is 5.91 Å². The standard InChI is InChI=1S/C21H24BrN3O2/c1-4-21(26)25(19-13-15(2)18(22)12-16(19)3)20-7-6-17(14-23-20)24-8-5-10-27-11-9-24/h4,6-7,12-14H,1,5,8-11H2,2-3H3. The Bertz CT molecular complexity index is 828. The number of anilines is 3. The van der Waals surface area contributed by atoms with Gasteiger partial charge >= 0.3 is 0 Å². The van der Waals surface area contributed by atoms with Gasteiger partial charge < -0.3 is 9.64 Å². The molecule has 0 saturated carbocycles. The molecule has 0 bridgehead atoms. The van der Waals surface area contributed by atoms with Gasteiger partial charge in [-0.2, -0.15) is 0 Å². The van der Waals surface area contributed by atoms with Crippen LogP contribution in [-0.2, 0) is 9.53 Å². The Kier molecular flexibility index (Phi) is 6.29. The number of aromatic nitrogens is 1. The Morgan fingerprint density at radius 1 is 1.26 bits per heavy atom. The molecule has 1 aromatic heterocycles. The average molecular weight is 430 g/mol. The minimum Gasteiger partial charge on any atom is -0.380 e. The first-order valence-electron chi connectivity index (χ1n) is 9.03. The van der Waals surface area contributed by atoms with E-state index in [0.717, 1.165) is 59.7 Å². The third-order valence-corrected chi connectivity index (χ3v) is 5.52. The van der Waals surface area contributed by atoms with Crippen LogP contribution in [0, 0.1) is 13.8 Å². The highest BCUT2D eigenvalue weighted by Crippen LogP contribution is 2.32. The molecule has 27 heavy (non-hydrogen) atoms. The number of ether oxygens (including phenoxy) is 1. The lowest BCUT2D eigenvalue weighted by molar-refractivity contribution is -0.113. The summed E-state index contributed by atoms with van der Waals surface area (Å²) in [5.74, 6) is 0.378. The van der Waals surface area contributed by atoms with Crippen LogP contribution in [0.2, 0.25) is 0 Å². The van der Waals surface area contributed by atoms with Crippen molar-refractivity contribution < 1.29 is 9.53 Å². The molecule has 1 aliphatic heterocycles. The Labute approximate surface area is 168 Å². The van der Waals surface area contributed by atoms with Crippen LogP contribution >= 0.6 is 15.9 Å². The summed E-state index contributed by atoms with van der Waals surface area (Å²) < 4.78 is 6.53. The molecule has 0 unspecified atom stereocenters. The third-order valence-electron chi connectivity index (χ3n) is 4.66. The largest absolute Gasteiger partial charge is 0.380 e. The number of rotatable bonds is 4. The zero-order valence-electron chi connectivity index (χ0n) is 15.7. The van der Waals surface area contributed by atoms with E-state index < -0.39 is 0 Å². The molecule has 5 nitrogen and oxygen atoms in total. The van der Waals surface area contributed by atoms with Crippen molar-refractivity contribution in [3.63, 3.8) is 0 Å². The van der Waals surface area contributed by atoms with Gasteiger partial charge in [-0.1, -0.05) is 22.5 Å². The maximum atomic E-state index is 12.6. The molecule has 0 aliphatic carbocycles. The number of hydrogen-bond donors (Lipinski definition) is 0. The van der Waals surface area contributed by atoms with Gasteiger partial charge in [-0.05, 0) is 61.7 Å². The number of amides is 1. The van der Waals surface area contributed by atoms with Gasteiger partial charge in [0.05, 0.1) is 24.2 Å². The van der Waals surface area contributed by atoms with Crippen molar-refractivity contribution >= 4 is 39.0 Å². The summed E-state index contributed by atoms with van der Waals surface area (Å²) in [5.41, 5.74) is 3.89. The number of carbonyl (C=O) groups is 1. The fourth-order valence-corrected chi connectivity index (χ4v) is 3.61. The first-order valence-corrected chi connectivity index (χ1v) is 9.82. The van der Waals surface area contributed by atoms with Crippen molar-refractivity contribution in [1.82, 2.24) is 4.98 Å². The molecule has 0 radical (unpaired) electrons. The molecular formula is C21H24BrN3O2. The van der Waals surface area contributed by atoms with E-state index in [2.05, 4.69) is 32.4 Å². The first kappa shape index (κ1) is 19.6. The summed E-state index contributed by atoms with van der Waals surface area (Å²) in [4.78, 5) is 21.1. The minimum absolute atomic E-state index is 0.205. The van der Waals surface area contributed by atoms with Crippen LogP contribution in [-0.4, -0.2) is 37.2 Å². The number of hydrogen-bond acceptors (Lipinski definition) is 4. The predicted octanol–water partition coefficient (Wildman–Crippen LogP) is 4.54. The van der Waals surface area contributed by atoms with Crippen molar-refractivity contribution in [3.05, 3.63) is 58.7 Å². The second-order valence-corrected chi connectivity index (χ2v) is 7.45. The van der Waals surface area contributed by atoms with Crippen molar-refractivity contribution in [2.45, 2.75) is 20.3 Å². The second kappa shape index (κ2) is 8.67. The number of carbonyl (C=O) groups excluding carboxylic acids is 1. The Hall–Kier alpha value is -2.18. The SMILES string of the molecule is C=CC(=O)N(c1ccc(N2CCCOCC2)cn1)c1cc(C)c(Br)cc1C. The average Bonchev–Trinajstić information content (AvgIpc) is 2.96. The maximum absolute atomic E-state index is 12.6. The molecule has 2 heterocycles. The van der Waals surface area contributed by atoms with E-state index in [0.29, 0.717) is 5.82 Å². The van der Waals surface area contributed by atoms with Crippen molar-refractivity contribution in [3.8, 4) is 0 Å². The zero-order chi connectivity index (χ0) is 19.4.